The summed E-state index contributed by atoms with van der Waals surface area (Å²) in [5.74, 6) is -0.492. The van der Waals surface area contributed by atoms with Gasteiger partial charge in [0, 0.05) is 32.2 Å². The molecule has 2 amide bonds. The Morgan fingerprint density at radius 2 is 2.05 bits per heavy atom. The highest BCUT2D eigenvalue weighted by Gasteiger charge is 2.08. The molecule has 1 aromatic rings. The smallest absolute Gasteiger partial charge is 0.251 e. The van der Waals surface area contributed by atoms with Gasteiger partial charge in [0.1, 0.15) is 5.75 Å². The van der Waals surface area contributed by atoms with Crippen molar-refractivity contribution in [2.45, 2.75) is 6.42 Å². The Hall–Kier alpha value is -1.60. The minimum Gasteiger partial charge on any atom is -0.507 e. The van der Waals surface area contributed by atoms with E-state index >= 15 is 0 Å². The highest BCUT2D eigenvalue weighted by molar-refractivity contribution is 9.10. The summed E-state index contributed by atoms with van der Waals surface area (Å²) in [6.45, 7) is 1.13. The van der Waals surface area contributed by atoms with Crippen molar-refractivity contribution in [3.63, 3.8) is 0 Å². The van der Waals surface area contributed by atoms with Crippen molar-refractivity contribution >= 4 is 27.7 Å². The maximum Gasteiger partial charge on any atom is 0.251 e. The van der Waals surface area contributed by atoms with Gasteiger partial charge in [-0.1, -0.05) is 0 Å². The molecule has 20 heavy (non-hydrogen) atoms. The van der Waals surface area contributed by atoms with Crippen molar-refractivity contribution in [3.8, 4) is 5.75 Å². The van der Waals surface area contributed by atoms with Crippen molar-refractivity contribution < 1.29 is 19.4 Å². The maximum absolute atomic E-state index is 11.8. The molecule has 110 valence electrons. The Morgan fingerprint density at radius 3 is 2.70 bits per heavy atom. The molecule has 0 saturated carbocycles. The normalized spacial score (nSPS) is 10.1. The highest BCUT2D eigenvalue weighted by atomic mass is 79.9. The summed E-state index contributed by atoms with van der Waals surface area (Å²) in [5.41, 5.74) is 0.338. The second-order valence-electron chi connectivity index (χ2n) is 4.01. The van der Waals surface area contributed by atoms with Crippen LogP contribution in [-0.2, 0) is 9.53 Å². The molecule has 0 bridgehead atoms. The Morgan fingerprint density at radius 1 is 1.30 bits per heavy atom. The van der Waals surface area contributed by atoms with Gasteiger partial charge in [0.15, 0.2) is 0 Å². The van der Waals surface area contributed by atoms with Crippen LogP contribution in [-0.4, -0.2) is 43.7 Å². The third-order valence-corrected chi connectivity index (χ3v) is 3.14. The number of amides is 2. The van der Waals surface area contributed by atoms with Gasteiger partial charge in [0.05, 0.1) is 11.1 Å². The van der Waals surface area contributed by atoms with Crippen molar-refractivity contribution in [1.29, 1.82) is 0 Å². The minimum atomic E-state index is -0.336. The number of hydrogen-bond donors (Lipinski definition) is 3. The SMILES string of the molecule is COCCNC(=O)CCNC(=O)c1ccc(Br)c(O)c1. The number of phenolic OH excluding ortho intramolecular Hbond substituents is 1. The van der Waals surface area contributed by atoms with E-state index in [9.17, 15) is 14.7 Å². The highest BCUT2D eigenvalue weighted by Crippen LogP contribution is 2.24. The van der Waals surface area contributed by atoms with Crippen LogP contribution in [0.15, 0.2) is 22.7 Å². The monoisotopic (exact) mass is 344 g/mol. The van der Waals surface area contributed by atoms with Gasteiger partial charge in [-0.3, -0.25) is 9.59 Å². The van der Waals surface area contributed by atoms with E-state index in [1.807, 2.05) is 0 Å². The van der Waals surface area contributed by atoms with E-state index in [0.29, 0.717) is 23.2 Å². The zero-order valence-corrected chi connectivity index (χ0v) is 12.7. The van der Waals surface area contributed by atoms with Gasteiger partial charge < -0.3 is 20.5 Å². The molecule has 0 radical (unpaired) electrons. The van der Waals surface area contributed by atoms with Gasteiger partial charge in [-0.2, -0.15) is 0 Å². The first kappa shape index (κ1) is 16.5. The molecule has 0 heterocycles. The van der Waals surface area contributed by atoms with Gasteiger partial charge in [0.2, 0.25) is 5.91 Å². The lowest BCUT2D eigenvalue weighted by molar-refractivity contribution is -0.121. The number of rotatable bonds is 7. The number of phenols is 1. The number of benzene rings is 1. The molecule has 7 heteroatoms. The topological polar surface area (TPSA) is 87.7 Å². The van der Waals surface area contributed by atoms with Crippen LogP contribution in [0.2, 0.25) is 0 Å². The van der Waals surface area contributed by atoms with E-state index in [1.165, 1.54) is 6.07 Å². The van der Waals surface area contributed by atoms with Crippen molar-refractivity contribution in [2.75, 3.05) is 26.8 Å². The summed E-state index contributed by atoms with van der Waals surface area (Å²) in [6.07, 6.45) is 0.192. The van der Waals surface area contributed by atoms with E-state index in [1.54, 1.807) is 19.2 Å². The van der Waals surface area contributed by atoms with Crippen LogP contribution in [0.3, 0.4) is 0 Å². The fourth-order valence-corrected chi connectivity index (χ4v) is 1.67. The van der Waals surface area contributed by atoms with Crippen LogP contribution in [0.25, 0.3) is 0 Å². The fraction of sp³-hybridized carbons (Fsp3) is 0.385. The number of nitrogens with one attached hydrogen (secondary N) is 2. The number of halogens is 1. The maximum atomic E-state index is 11.8. The molecule has 1 rings (SSSR count). The number of ether oxygens (including phenoxy) is 1. The summed E-state index contributed by atoms with van der Waals surface area (Å²) in [5, 5.41) is 14.7. The van der Waals surface area contributed by atoms with Crippen molar-refractivity contribution in [1.82, 2.24) is 10.6 Å². The zero-order chi connectivity index (χ0) is 15.0. The van der Waals surface area contributed by atoms with E-state index in [2.05, 4.69) is 26.6 Å². The largest absolute Gasteiger partial charge is 0.507 e. The molecular weight excluding hydrogens is 328 g/mol. The summed E-state index contributed by atoms with van der Waals surface area (Å²) in [7, 11) is 1.56. The van der Waals surface area contributed by atoms with Gasteiger partial charge in [0.25, 0.3) is 5.91 Å². The fourth-order valence-electron chi connectivity index (χ4n) is 1.43. The van der Waals surface area contributed by atoms with E-state index in [-0.39, 0.29) is 30.5 Å². The van der Waals surface area contributed by atoms with Gasteiger partial charge >= 0.3 is 0 Å². The van der Waals surface area contributed by atoms with Crippen molar-refractivity contribution in [3.05, 3.63) is 28.2 Å². The lowest BCUT2D eigenvalue weighted by Crippen LogP contribution is -2.32. The first-order chi connectivity index (χ1) is 9.54. The van der Waals surface area contributed by atoms with Gasteiger partial charge in [-0.05, 0) is 34.1 Å². The molecule has 0 atom stereocenters. The lowest BCUT2D eigenvalue weighted by Gasteiger charge is -2.07. The second kappa shape index (κ2) is 8.55. The standard InChI is InChI=1S/C13H17BrN2O4/c1-20-7-6-15-12(18)4-5-16-13(19)9-2-3-10(14)11(17)8-9/h2-3,8,17H,4-7H2,1H3,(H,15,18)(H,16,19). The van der Waals surface area contributed by atoms with E-state index < -0.39 is 0 Å². The Bertz CT molecular complexity index is 479. The first-order valence-electron chi connectivity index (χ1n) is 6.07. The molecule has 0 aliphatic heterocycles. The molecule has 0 aromatic heterocycles. The predicted octanol–water partition coefficient (Wildman–Crippen LogP) is 1.04. The molecular formula is C13H17BrN2O4. The molecule has 0 unspecified atom stereocenters. The number of carbonyl (C=O) groups is 2. The Kier molecular flexibility index (Phi) is 7.03. The lowest BCUT2D eigenvalue weighted by atomic mass is 10.2. The predicted molar refractivity (Wildman–Crippen MR) is 77.6 cm³/mol. The van der Waals surface area contributed by atoms with Gasteiger partial charge in [-0.25, -0.2) is 0 Å². The third kappa shape index (κ3) is 5.58. The first-order valence-corrected chi connectivity index (χ1v) is 6.86. The van der Waals surface area contributed by atoms with Crippen LogP contribution < -0.4 is 10.6 Å². The summed E-state index contributed by atoms with van der Waals surface area (Å²) >= 11 is 3.14. The number of hydrogen-bond acceptors (Lipinski definition) is 4. The molecule has 0 fully saturated rings. The zero-order valence-electron chi connectivity index (χ0n) is 11.1. The quantitative estimate of drug-likeness (QED) is 0.645. The van der Waals surface area contributed by atoms with E-state index in [0.717, 1.165) is 0 Å². The Balaban J connectivity index is 2.32. The second-order valence-corrected chi connectivity index (χ2v) is 4.87. The summed E-state index contributed by atoms with van der Waals surface area (Å²) in [4.78, 5) is 23.1. The van der Waals surface area contributed by atoms with Gasteiger partial charge in [-0.15, -0.1) is 0 Å². The van der Waals surface area contributed by atoms with Crippen LogP contribution in [0.1, 0.15) is 16.8 Å². The molecule has 0 aliphatic rings. The molecule has 1 aromatic carbocycles. The van der Waals surface area contributed by atoms with Crippen LogP contribution in [0.4, 0.5) is 0 Å². The number of aromatic hydroxyl groups is 1. The molecule has 0 spiro atoms. The average Bonchev–Trinajstić information content (AvgIpc) is 2.42. The minimum absolute atomic E-state index is 0.00467. The van der Waals surface area contributed by atoms with Crippen LogP contribution >= 0.6 is 15.9 Å². The number of carbonyl (C=O) groups excluding carboxylic acids is 2. The average molecular weight is 345 g/mol. The van der Waals surface area contributed by atoms with E-state index in [4.69, 9.17) is 4.74 Å². The van der Waals surface area contributed by atoms with Crippen LogP contribution in [0.5, 0.6) is 5.75 Å². The Labute approximate surface area is 125 Å². The summed E-state index contributed by atoms with van der Waals surface area (Å²) in [6, 6.07) is 4.53. The third-order valence-electron chi connectivity index (χ3n) is 2.47. The summed E-state index contributed by atoms with van der Waals surface area (Å²) < 4.78 is 5.32. The molecule has 3 N–H and O–H groups in total. The van der Waals surface area contributed by atoms with Crippen LogP contribution in [0, 0.1) is 0 Å². The molecule has 0 saturated heterocycles. The molecule has 6 nitrogen and oxygen atoms in total. The van der Waals surface area contributed by atoms with Crippen molar-refractivity contribution in [2.24, 2.45) is 0 Å². The number of methoxy groups -OCH3 is 1. The molecule has 0 aliphatic carbocycles.